The third-order valence-electron chi connectivity index (χ3n) is 3.07. The molecule has 1 aromatic rings. The van der Waals surface area contributed by atoms with Crippen molar-refractivity contribution >= 4 is 25.3 Å². The van der Waals surface area contributed by atoms with E-state index in [-0.39, 0.29) is 12.2 Å². The number of anilines is 1. The standard InChI is InChI=1S/C13H18BNO2/c1-9-6-15(7-10(2)17-9)13-4-3-12(14)5-11(13)8-16/h3-5,8-10H,6-7,14H2,1-2H3. The molecule has 1 fully saturated rings. The molecule has 2 rings (SSSR count). The van der Waals surface area contributed by atoms with Crippen molar-refractivity contribution in [3.05, 3.63) is 23.8 Å². The van der Waals surface area contributed by atoms with Crippen LogP contribution in [-0.4, -0.2) is 39.4 Å². The SMILES string of the molecule is Bc1ccc(N2CC(C)OC(C)C2)c(C=O)c1. The summed E-state index contributed by atoms with van der Waals surface area (Å²) in [6.07, 6.45) is 1.35. The summed E-state index contributed by atoms with van der Waals surface area (Å²) in [4.78, 5) is 13.4. The van der Waals surface area contributed by atoms with Crippen LogP contribution in [0, 0.1) is 0 Å². The van der Waals surface area contributed by atoms with Crippen LogP contribution < -0.4 is 10.4 Å². The molecule has 1 aliphatic heterocycles. The van der Waals surface area contributed by atoms with Crippen molar-refractivity contribution in [3.63, 3.8) is 0 Å². The monoisotopic (exact) mass is 231 g/mol. The molecular formula is C13H18BNO2. The number of benzene rings is 1. The number of carbonyl (C=O) groups is 1. The summed E-state index contributed by atoms with van der Waals surface area (Å²) in [5.41, 5.74) is 2.91. The molecule has 17 heavy (non-hydrogen) atoms. The van der Waals surface area contributed by atoms with Gasteiger partial charge < -0.3 is 9.64 Å². The van der Waals surface area contributed by atoms with Crippen LogP contribution in [0.2, 0.25) is 0 Å². The maximum Gasteiger partial charge on any atom is 0.152 e. The zero-order chi connectivity index (χ0) is 12.4. The van der Waals surface area contributed by atoms with Gasteiger partial charge in [-0.1, -0.05) is 17.6 Å². The average molecular weight is 231 g/mol. The molecule has 1 aromatic carbocycles. The van der Waals surface area contributed by atoms with Crippen molar-refractivity contribution in [1.29, 1.82) is 0 Å². The maximum absolute atomic E-state index is 11.1. The lowest BCUT2D eigenvalue weighted by Gasteiger charge is -2.37. The van der Waals surface area contributed by atoms with Gasteiger partial charge in [0.15, 0.2) is 6.29 Å². The molecule has 3 nitrogen and oxygen atoms in total. The fraction of sp³-hybridized carbons (Fsp3) is 0.462. The predicted molar refractivity (Wildman–Crippen MR) is 72.2 cm³/mol. The Balaban J connectivity index is 2.29. The fourth-order valence-electron chi connectivity index (χ4n) is 2.43. The highest BCUT2D eigenvalue weighted by Crippen LogP contribution is 2.22. The summed E-state index contributed by atoms with van der Waals surface area (Å²) in [5, 5.41) is 0. The van der Waals surface area contributed by atoms with Gasteiger partial charge in [-0.05, 0) is 19.9 Å². The number of aldehydes is 1. The van der Waals surface area contributed by atoms with E-state index in [1.807, 2.05) is 26.0 Å². The quantitative estimate of drug-likeness (QED) is 0.544. The molecule has 2 unspecified atom stereocenters. The first-order valence-corrected chi connectivity index (χ1v) is 6.06. The number of hydrogen-bond donors (Lipinski definition) is 0. The largest absolute Gasteiger partial charge is 0.372 e. The molecule has 0 amide bonds. The van der Waals surface area contributed by atoms with Crippen molar-refractivity contribution in [3.8, 4) is 0 Å². The Labute approximate surface area is 103 Å². The molecule has 0 saturated carbocycles. The Hall–Kier alpha value is -1.29. The molecular weight excluding hydrogens is 213 g/mol. The zero-order valence-corrected chi connectivity index (χ0v) is 10.6. The second-order valence-electron chi connectivity index (χ2n) is 4.84. The number of ether oxygens (including phenoxy) is 1. The van der Waals surface area contributed by atoms with Crippen LogP contribution in [0.1, 0.15) is 24.2 Å². The minimum Gasteiger partial charge on any atom is -0.372 e. The highest BCUT2D eigenvalue weighted by atomic mass is 16.5. The first kappa shape index (κ1) is 12.2. The summed E-state index contributed by atoms with van der Waals surface area (Å²) in [6.45, 7) is 5.82. The molecule has 1 heterocycles. The van der Waals surface area contributed by atoms with E-state index >= 15 is 0 Å². The zero-order valence-electron chi connectivity index (χ0n) is 10.6. The van der Waals surface area contributed by atoms with E-state index in [1.165, 1.54) is 0 Å². The molecule has 1 saturated heterocycles. The van der Waals surface area contributed by atoms with E-state index in [0.29, 0.717) is 0 Å². The van der Waals surface area contributed by atoms with Gasteiger partial charge >= 0.3 is 0 Å². The van der Waals surface area contributed by atoms with Gasteiger partial charge in [0, 0.05) is 24.3 Å². The van der Waals surface area contributed by atoms with Crippen LogP contribution in [0.3, 0.4) is 0 Å². The second kappa shape index (κ2) is 4.92. The van der Waals surface area contributed by atoms with Crippen molar-refractivity contribution < 1.29 is 9.53 Å². The molecule has 0 bridgehead atoms. The van der Waals surface area contributed by atoms with Gasteiger partial charge in [0.2, 0.25) is 0 Å². The molecule has 4 heteroatoms. The third kappa shape index (κ3) is 2.69. The van der Waals surface area contributed by atoms with E-state index in [9.17, 15) is 4.79 Å². The number of hydrogen-bond acceptors (Lipinski definition) is 3. The van der Waals surface area contributed by atoms with E-state index in [0.717, 1.165) is 36.1 Å². The maximum atomic E-state index is 11.1. The van der Waals surface area contributed by atoms with Crippen molar-refractivity contribution in [2.24, 2.45) is 0 Å². The van der Waals surface area contributed by atoms with Crippen LogP contribution in [0.5, 0.6) is 0 Å². The van der Waals surface area contributed by atoms with Crippen molar-refractivity contribution in [1.82, 2.24) is 0 Å². The van der Waals surface area contributed by atoms with Gasteiger partial charge in [0.1, 0.15) is 7.85 Å². The Morgan fingerprint density at radius 1 is 1.35 bits per heavy atom. The summed E-state index contributed by atoms with van der Waals surface area (Å²) in [5.74, 6) is 0. The van der Waals surface area contributed by atoms with E-state index < -0.39 is 0 Å². The van der Waals surface area contributed by atoms with Gasteiger partial charge in [-0.15, -0.1) is 0 Å². The first-order chi connectivity index (χ1) is 8.10. The van der Waals surface area contributed by atoms with Crippen LogP contribution in [-0.2, 0) is 4.74 Å². The fourth-order valence-corrected chi connectivity index (χ4v) is 2.43. The summed E-state index contributed by atoms with van der Waals surface area (Å²) < 4.78 is 5.71. The molecule has 0 aliphatic carbocycles. The minimum atomic E-state index is 0.208. The normalized spacial score (nSPS) is 24.7. The second-order valence-corrected chi connectivity index (χ2v) is 4.84. The lowest BCUT2D eigenvalue weighted by atomic mass is 9.93. The van der Waals surface area contributed by atoms with Crippen LogP contribution in [0.4, 0.5) is 5.69 Å². The van der Waals surface area contributed by atoms with Crippen LogP contribution in [0.25, 0.3) is 0 Å². The average Bonchev–Trinajstić information content (AvgIpc) is 2.27. The van der Waals surface area contributed by atoms with E-state index in [1.54, 1.807) is 0 Å². The number of nitrogens with zero attached hydrogens (tertiary/aromatic N) is 1. The smallest absolute Gasteiger partial charge is 0.152 e. The topological polar surface area (TPSA) is 29.5 Å². The lowest BCUT2D eigenvalue weighted by Crippen LogP contribution is -2.46. The Morgan fingerprint density at radius 3 is 2.59 bits per heavy atom. The summed E-state index contributed by atoms with van der Waals surface area (Å²) in [6, 6.07) is 6.02. The summed E-state index contributed by atoms with van der Waals surface area (Å²) >= 11 is 0. The van der Waals surface area contributed by atoms with Crippen LogP contribution in [0.15, 0.2) is 18.2 Å². The van der Waals surface area contributed by atoms with Gasteiger partial charge in [-0.25, -0.2) is 0 Å². The molecule has 90 valence electrons. The highest BCUT2D eigenvalue weighted by molar-refractivity contribution is 6.32. The molecule has 0 spiro atoms. The van der Waals surface area contributed by atoms with Gasteiger partial charge in [0.25, 0.3) is 0 Å². The Bertz CT molecular complexity index is 412. The third-order valence-corrected chi connectivity index (χ3v) is 3.07. The Kier molecular flexibility index (Phi) is 3.53. The Morgan fingerprint density at radius 2 is 2.00 bits per heavy atom. The minimum absolute atomic E-state index is 0.208. The van der Waals surface area contributed by atoms with Gasteiger partial charge in [-0.2, -0.15) is 0 Å². The van der Waals surface area contributed by atoms with Crippen molar-refractivity contribution in [2.75, 3.05) is 18.0 Å². The van der Waals surface area contributed by atoms with Gasteiger partial charge in [0.05, 0.1) is 12.2 Å². The number of carbonyl (C=O) groups excluding carboxylic acids is 1. The molecule has 0 N–H and O–H groups in total. The predicted octanol–water partition coefficient (Wildman–Crippen LogP) is 0.371. The van der Waals surface area contributed by atoms with E-state index in [2.05, 4.69) is 18.7 Å². The van der Waals surface area contributed by atoms with Gasteiger partial charge in [-0.3, -0.25) is 4.79 Å². The number of rotatable bonds is 2. The van der Waals surface area contributed by atoms with Crippen LogP contribution >= 0.6 is 0 Å². The molecule has 0 aromatic heterocycles. The van der Waals surface area contributed by atoms with Crippen molar-refractivity contribution in [2.45, 2.75) is 26.1 Å². The first-order valence-electron chi connectivity index (χ1n) is 6.06. The molecule has 2 atom stereocenters. The van der Waals surface area contributed by atoms with E-state index in [4.69, 9.17) is 4.74 Å². The highest BCUT2D eigenvalue weighted by Gasteiger charge is 2.23. The summed E-state index contributed by atoms with van der Waals surface area (Å²) in [7, 11) is 2.00. The number of morpholine rings is 1. The lowest BCUT2D eigenvalue weighted by molar-refractivity contribution is -0.00525. The molecule has 0 radical (unpaired) electrons. The molecule has 1 aliphatic rings.